The second-order valence-corrected chi connectivity index (χ2v) is 9.86. The van der Waals surface area contributed by atoms with Crippen molar-refractivity contribution < 1.29 is 13.2 Å². The molecular weight excluding hydrogens is 406 g/mol. The molecule has 0 aliphatic heterocycles. The second-order valence-electron chi connectivity index (χ2n) is 7.92. The first-order chi connectivity index (χ1) is 14.8. The largest absolute Gasteiger partial charge is 0.497 e. The van der Waals surface area contributed by atoms with E-state index in [1.54, 1.807) is 19.2 Å². The summed E-state index contributed by atoms with van der Waals surface area (Å²) in [5.74, 6) is 6.89. The van der Waals surface area contributed by atoms with Crippen molar-refractivity contribution in [2.75, 3.05) is 20.2 Å². The number of benzene rings is 2. The maximum Gasteiger partial charge on any atom is 0.244 e. The number of hydrogen-bond acceptors (Lipinski definition) is 3. The van der Waals surface area contributed by atoms with Gasteiger partial charge in [0.2, 0.25) is 10.0 Å². The van der Waals surface area contributed by atoms with Crippen LogP contribution in [0.3, 0.4) is 0 Å². The van der Waals surface area contributed by atoms with Crippen molar-refractivity contribution >= 4 is 10.0 Å². The van der Waals surface area contributed by atoms with Crippen LogP contribution in [0, 0.1) is 18.8 Å². The Morgan fingerprint density at radius 2 is 1.65 bits per heavy atom. The van der Waals surface area contributed by atoms with Gasteiger partial charge in [-0.2, -0.15) is 4.31 Å². The second kappa shape index (κ2) is 10.00. The molecule has 0 N–H and O–H groups in total. The monoisotopic (exact) mass is 435 g/mol. The van der Waals surface area contributed by atoms with Gasteiger partial charge in [-0.05, 0) is 70.0 Å². The van der Waals surface area contributed by atoms with Gasteiger partial charge in [-0.3, -0.25) is 0 Å². The van der Waals surface area contributed by atoms with Crippen molar-refractivity contribution in [2.45, 2.75) is 38.5 Å². The normalized spacial score (nSPS) is 14.2. The van der Waals surface area contributed by atoms with Crippen molar-refractivity contribution in [2.24, 2.45) is 0 Å². The first kappa shape index (κ1) is 22.9. The number of rotatable bonds is 6. The number of allylic oxidation sites excluding steroid dienone is 3. The van der Waals surface area contributed by atoms with Crippen LogP contribution in [0.2, 0.25) is 0 Å². The van der Waals surface area contributed by atoms with E-state index < -0.39 is 10.0 Å². The van der Waals surface area contributed by atoms with E-state index in [4.69, 9.17) is 4.74 Å². The first-order valence-electron chi connectivity index (χ1n) is 10.3. The molecule has 0 saturated heterocycles. The van der Waals surface area contributed by atoms with Crippen LogP contribution in [0.25, 0.3) is 0 Å². The summed E-state index contributed by atoms with van der Waals surface area (Å²) in [6.45, 7) is 6.66. The average molecular weight is 436 g/mol. The molecule has 1 aliphatic carbocycles. The molecule has 31 heavy (non-hydrogen) atoms. The zero-order chi connectivity index (χ0) is 22.4. The molecule has 0 atom stereocenters. The Labute approximate surface area is 186 Å². The van der Waals surface area contributed by atoms with E-state index in [0.717, 1.165) is 35.3 Å². The minimum atomic E-state index is -3.66. The SMILES string of the molecule is COc1ccc(C#CCN(CC2=CCC(C)=C(C)C2)S(=O)(=O)c2ccc(C)cc2)cc1. The molecule has 0 spiro atoms. The Morgan fingerprint density at radius 3 is 2.26 bits per heavy atom. The van der Waals surface area contributed by atoms with E-state index in [0.29, 0.717) is 11.4 Å². The van der Waals surface area contributed by atoms with Gasteiger partial charge < -0.3 is 4.74 Å². The molecule has 0 unspecified atom stereocenters. The highest BCUT2D eigenvalue weighted by Crippen LogP contribution is 2.26. The molecule has 162 valence electrons. The van der Waals surface area contributed by atoms with Crippen molar-refractivity contribution in [1.82, 2.24) is 4.31 Å². The van der Waals surface area contributed by atoms with Crippen molar-refractivity contribution in [1.29, 1.82) is 0 Å². The molecule has 0 heterocycles. The zero-order valence-corrected chi connectivity index (χ0v) is 19.4. The Kier molecular flexibility index (Phi) is 7.37. The molecule has 0 fully saturated rings. The van der Waals surface area contributed by atoms with E-state index in [9.17, 15) is 8.42 Å². The van der Waals surface area contributed by atoms with E-state index in [1.165, 1.54) is 15.5 Å². The van der Waals surface area contributed by atoms with Crippen LogP contribution >= 0.6 is 0 Å². The number of sulfonamides is 1. The molecule has 0 radical (unpaired) electrons. The van der Waals surface area contributed by atoms with Crippen molar-refractivity contribution in [3.05, 3.63) is 82.5 Å². The van der Waals surface area contributed by atoms with E-state index in [-0.39, 0.29) is 6.54 Å². The van der Waals surface area contributed by atoms with Gasteiger partial charge >= 0.3 is 0 Å². The third-order valence-corrected chi connectivity index (χ3v) is 7.34. The van der Waals surface area contributed by atoms with Gasteiger partial charge in [0.15, 0.2) is 0 Å². The maximum absolute atomic E-state index is 13.4. The number of nitrogens with zero attached hydrogens (tertiary/aromatic N) is 1. The Balaban J connectivity index is 1.85. The zero-order valence-electron chi connectivity index (χ0n) is 18.6. The van der Waals surface area contributed by atoms with Gasteiger partial charge in [0.1, 0.15) is 5.75 Å². The van der Waals surface area contributed by atoms with E-state index in [2.05, 4.69) is 31.8 Å². The van der Waals surface area contributed by atoms with Crippen LogP contribution in [-0.4, -0.2) is 32.9 Å². The Bertz CT molecular complexity index is 1150. The first-order valence-corrected chi connectivity index (χ1v) is 11.8. The Morgan fingerprint density at radius 1 is 0.968 bits per heavy atom. The van der Waals surface area contributed by atoms with Crippen LogP contribution in [0.4, 0.5) is 0 Å². The molecule has 0 saturated carbocycles. The van der Waals surface area contributed by atoms with Gasteiger partial charge in [-0.1, -0.05) is 52.3 Å². The fraction of sp³-hybridized carbons (Fsp3) is 0.308. The summed E-state index contributed by atoms with van der Waals surface area (Å²) in [4.78, 5) is 0.296. The highest BCUT2D eigenvalue weighted by atomic mass is 32.2. The van der Waals surface area contributed by atoms with Crippen LogP contribution in [-0.2, 0) is 10.0 Å². The summed E-state index contributed by atoms with van der Waals surface area (Å²) >= 11 is 0. The molecule has 1 aliphatic rings. The quantitative estimate of drug-likeness (QED) is 0.468. The highest BCUT2D eigenvalue weighted by molar-refractivity contribution is 7.89. The molecule has 3 rings (SSSR count). The minimum absolute atomic E-state index is 0.126. The third kappa shape index (κ3) is 5.88. The molecule has 5 heteroatoms. The van der Waals surface area contributed by atoms with Gasteiger partial charge in [0.05, 0.1) is 18.6 Å². The van der Waals surface area contributed by atoms with Crippen molar-refractivity contribution in [3.8, 4) is 17.6 Å². The standard InChI is InChI=1S/C26H29NO3S/c1-20-7-15-26(16-8-20)31(28,29)27(19-24-10-9-21(2)22(3)18-24)17-5-6-23-11-13-25(30-4)14-12-23/h7-8,10-16H,9,17-19H2,1-4H3. The number of hydrogen-bond donors (Lipinski definition) is 0. The third-order valence-electron chi connectivity index (χ3n) is 5.53. The van der Waals surface area contributed by atoms with Gasteiger partial charge in [-0.25, -0.2) is 8.42 Å². The van der Waals surface area contributed by atoms with Crippen LogP contribution in [0.15, 0.2) is 76.2 Å². The summed E-state index contributed by atoms with van der Waals surface area (Å²) in [7, 11) is -2.04. The van der Waals surface area contributed by atoms with E-state index >= 15 is 0 Å². The van der Waals surface area contributed by atoms with Gasteiger partial charge in [-0.15, -0.1) is 0 Å². The molecular formula is C26H29NO3S. The average Bonchev–Trinajstić information content (AvgIpc) is 2.76. The summed E-state index contributed by atoms with van der Waals surface area (Å²) in [6.07, 6.45) is 3.83. The lowest BCUT2D eigenvalue weighted by molar-refractivity contribution is 0.415. The summed E-state index contributed by atoms with van der Waals surface area (Å²) in [5, 5.41) is 0. The lowest BCUT2D eigenvalue weighted by atomic mass is 9.93. The molecule has 0 aromatic heterocycles. The smallest absolute Gasteiger partial charge is 0.244 e. The fourth-order valence-corrected chi connectivity index (χ4v) is 4.72. The van der Waals surface area contributed by atoms with Crippen LogP contribution in [0.5, 0.6) is 5.75 Å². The predicted octanol–water partition coefficient (Wildman–Crippen LogP) is 5.10. The molecule has 2 aromatic rings. The summed E-state index contributed by atoms with van der Waals surface area (Å²) in [6, 6.07) is 14.4. The summed E-state index contributed by atoms with van der Waals surface area (Å²) < 4.78 is 33.4. The minimum Gasteiger partial charge on any atom is -0.497 e. The molecule has 2 aromatic carbocycles. The number of aryl methyl sites for hydroxylation is 1. The number of ether oxygens (including phenoxy) is 1. The van der Waals surface area contributed by atoms with Crippen molar-refractivity contribution in [3.63, 3.8) is 0 Å². The molecule has 0 bridgehead atoms. The lowest BCUT2D eigenvalue weighted by Gasteiger charge is -2.24. The summed E-state index contributed by atoms with van der Waals surface area (Å²) in [5.41, 5.74) is 5.63. The number of methoxy groups -OCH3 is 1. The van der Waals surface area contributed by atoms with Gasteiger partial charge in [0, 0.05) is 12.1 Å². The highest BCUT2D eigenvalue weighted by Gasteiger charge is 2.25. The van der Waals surface area contributed by atoms with E-state index in [1.807, 2.05) is 43.3 Å². The maximum atomic E-state index is 13.4. The fourth-order valence-electron chi connectivity index (χ4n) is 3.37. The van der Waals surface area contributed by atoms with Crippen LogP contribution in [0.1, 0.15) is 37.8 Å². The predicted molar refractivity (Wildman–Crippen MR) is 126 cm³/mol. The molecule has 0 amide bonds. The Hall–Kier alpha value is -2.81. The van der Waals surface area contributed by atoms with Gasteiger partial charge in [0.25, 0.3) is 0 Å². The lowest BCUT2D eigenvalue weighted by Crippen LogP contribution is -2.33. The molecule has 4 nitrogen and oxygen atoms in total. The topological polar surface area (TPSA) is 46.6 Å². The van der Waals surface area contributed by atoms with Crippen LogP contribution < -0.4 is 4.74 Å².